The summed E-state index contributed by atoms with van der Waals surface area (Å²) >= 11 is 0. The molecule has 0 saturated carbocycles. The van der Waals surface area contributed by atoms with Crippen LogP contribution in [0.2, 0.25) is 0 Å². The average molecular weight is 901 g/mol. The molecule has 0 aromatic heterocycles. The summed E-state index contributed by atoms with van der Waals surface area (Å²) in [6.45, 7) is 8.86. The number of rotatable bonds is 23. The van der Waals surface area contributed by atoms with Crippen molar-refractivity contribution in [2.45, 2.75) is 109 Å². The first-order valence-electron chi connectivity index (χ1n) is 21.9. The van der Waals surface area contributed by atoms with Gasteiger partial charge in [0.2, 0.25) is 23.6 Å². The second-order valence-electron chi connectivity index (χ2n) is 17.3. The number of fused-ring (bicyclic) bond motifs is 3. The second-order valence-corrected chi connectivity index (χ2v) is 17.3. The van der Waals surface area contributed by atoms with Crippen LogP contribution in [0, 0.1) is 5.92 Å². The Hall–Kier alpha value is -6.69. The zero-order valence-electron chi connectivity index (χ0n) is 37.8. The van der Waals surface area contributed by atoms with Crippen LogP contribution in [0.4, 0.5) is 20.1 Å². The van der Waals surface area contributed by atoms with Crippen molar-refractivity contribution in [2.75, 3.05) is 31.6 Å². The average Bonchev–Trinajstić information content (AvgIpc) is 3.57. The van der Waals surface area contributed by atoms with Gasteiger partial charge in [-0.15, -0.1) is 0 Å². The monoisotopic (exact) mass is 900 g/mol. The molecular formula is C47H64N8O10. The number of aliphatic hydroxyl groups is 1. The van der Waals surface area contributed by atoms with Gasteiger partial charge in [0, 0.05) is 43.2 Å². The number of carbonyl (C=O) groups is 7. The van der Waals surface area contributed by atoms with Crippen LogP contribution in [0.1, 0.15) is 95.8 Å². The van der Waals surface area contributed by atoms with E-state index in [4.69, 9.17) is 10.5 Å². The molecular weight excluding hydrogens is 837 g/mol. The van der Waals surface area contributed by atoms with Crippen LogP contribution in [0.3, 0.4) is 0 Å². The Morgan fingerprint density at radius 3 is 1.91 bits per heavy atom. The Kier molecular flexibility index (Phi) is 19.1. The van der Waals surface area contributed by atoms with Gasteiger partial charge >= 0.3 is 18.2 Å². The number of primary amides is 1. The van der Waals surface area contributed by atoms with Crippen LogP contribution in [-0.4, -0.2) is 107 Å². The first kappa shape index (κ1) is 50.9. The lowest BCUT2D eigenvalue weighted by atomic mass is 9.98. The Morgan fingerprint density at radius 2 is 1.34 bits per heavy atom. The molecule has 3 atom stereocenters. The van der Waals surface area contributed by atoms with E-state index in [0.29, 0.717) is 24.1 Å². The normalized spacial score (nSPS) is 13.3. The van der Waals surface area contributed by atoms with Crippen molar-refractivity contribution in [2.24, 2.45) is 11.7 Å². The number of hydrogen-bond acceptors (Lipinski definition) is 9. The largest absolute Gasteiger partial charge is 0.465 e. The van der Waals surface area contributed by atoms with Gasteiger partial charge in [-0.05, 0) is 98.7 Å². The van der Waals surface area contributed by atoms with Gasteiger partial charge in [-0.3, -0.25) is 19.2 Å². The van der Waals surface area contributed by atoms with Crippen LogP contribution < -0.4 is 37.6 Å². The van der Waals surface area contributed by atoms with Crippen molar-refractivity contribution >= 4 is 47.5 Å². The van der Waals surface area contributed by atoms with Crippen LogP contribution in [0.15, 0.2) is 72.8 Å². The Balaban J connectivity index is 1.36. The first-order chi connectivity index (χ1) is 30.9. The van der Waals surface area contributed by atoms with E-state index in [9.17, 15) is 43.8 Å². The fourth-order valence-corrected chi connectivity index (χ4v) is 7.56. The minimum absolute atomic E-state index is 0.0231. The summed E-state index contributed by atoms with van der Waals surface area (Å²) in [6.07, 6.45) is -0.763. The highest BCUT2D eigenvalue weighted by molar-refractivity contribution is 5.98. The number of aliphatic hydroxyl groups excluding tert-OH is 1. The molecule has 0 heterocycles. The van der Waals surface area contributed by atoms with Gasteiger partial charge in [-0.2, -0.15) is 0 Å². The zero-order valence-corrected chi connectivity index (χ0v) is 37.8. The maximum absolute atomic E-state index is 13.6. The number of hydrogen-bond donors (Lipinski definition) is 9. The van der Waals surface area contributed by atoms with E-state index in [2.05, 4.69) is 31.9 Å². The molecule has 8 amide bonds. The number of alkyl carbamates (subject to hydrolysis) is 1. The number of ether oxygens (including phenoxy) is 1. The summed E-state index contributed by atoms with van der Waals surface area (Å²) in [6, 6.07) is 18.3. The minimum Gasteiger partial charge on any atom is -0.465 e. The molecule has 3 aromatic rings. The first-order valence-corrected chi connectivity index (χ1v) is 21.9. The van der Waals surface area contributed by atoms with E-state index in [0.717, 1.165) is 22.3 Å². The summed E-state index contributed by atoms with van der Waals surface area (Å²) in [5, 5.41) is 35.1. The topological polar surface area (TPSA) is 271 Å². The van der Waals surface area contributed by atoms with E-state index in [-0.39, 0.29) is 64.4 Å². The Bertz CT molecular complexity index is 2080. The predicted molar refractivity (Wildman–Crippen MR) is 244 cm³/mol. The summed E-state index contributed by atoms with van der Waals surface area (Å²) in [5.41, 5.74) is 9.76. The molecule has 0 aliphatic heterocycles. The molecule has 65 heavy (non-hydrogen) atoms. The van der Waals surface area contributed by atoms with Gasteiger partial charge in [0.1, 0.15) is 24.7 Å². The number of nitrogens with one attached hydrogen (secondary N) is 6. The molecule has 0 radical (unpaired) electrons. The molecule has 10 N–H and O–H groups in total. The van der Waals surface area contributed by atoms with Gasteiger partial charge in [-0.25, -0.2) is 14.4 Å². The third-order valence-corrected chi connectivity index (χ3v) is 11.0. The molecule has 18 heteroatoms. The van der Waals surface area contributed by atoms with Gasteiger partial charge in [0.25, 0.3) is 0 Å². The van der Waals surface area contributed by atoms with Crippen molar-refractivity contribution in [1.29, 1.82) is 0 Å². The maximum Gasteiger partial charge on any atom is 0.407 e. The highest BCUT2D eigenvalue weighted by Crippen LogP contribution is 2.44. The minimum atomic E-state index is -1.08. The number of benzene rings is 3. The van der Waals surface area contributed by atoms with Crippen molar-refractivity contribution in [3.05, 3.63) is 89.5 Å². The number of carboxylic acid groups (broad SMARTS) is 1. The lowest BCUT2D eigenvalue weighted by Gasteiger charge is -2.33. The van der Waals surface area contributed by atoms with Crippen LogP contribution in [-0.2, 0) is 30.5 Å². The second kappa shape index (κ2) is 24.4. The van der Waals surface area contributed by atoms with Crippen molar-refractivity contribution in [3.8, 4) is 11.1 Å². The molecule has 4 rings (SSSR count). The number of amides is 8. The predicted octanol–water partition coefficient (Wildman–Crippen LogP) is 4.55. The van der Waals surface area contributed by atoms with E-state index < -0.39 is 71.4 Å². The molecule has 0 saturated heterocycles. The van der Waals surface area contributed by atoms with Crippen LogP contribution in [0.5, 0.6) is 0 Å². The molecule has 352 valence electrons. The number of nitrogens with two attached hydrogens (primary N) is 1. The van der Waals surface area contributed by atoms with Gasteiger partial charge in [0.05, 0.1) is 6.61 Å². The lowest BCUT2D eigenvalue weighted by Crippen LogP contribution is -2.55. The van der Waals surface area contributed by atoms with Crippen molar-refractivity contribution < 1.29 is 48.5 Å². The third-order valence-electron chi connectivity index (χ3n) is 11.0. The van der Waals surface area contributed by atoms with Gasteiger partial charge < -0.3 is 57.5 Å². The maximum atomic E-state index is 13.6. The fourth-order valence-electron chi connectivity index (χ4n) is 7.56. The van der Waals surface area contributed by atoms with Crippen LogP contribution in [0.25, 0.3) is 11.1 Å². The smallest absolute Gasteiger partial charge is 0.407 e. The molecule has 0 bridgehead atoms. The van der Waals surface area contributed by atoms with E-state index in [1.807, 2.05) is 48.5 Å². The summed E-state index contributed by atoms with van der Waals surface area (Å²) in [5.74, 6) is -2.94. The SMILES string of the molecule is CC(C)C(NC(=O)CCNC(=O)C(CCCCN(C(=O)O)C(C)(C)C)NC(=O)OCC1c2ccccc2-c2ccccc21)C(=O)NC(CCCNC(N)=O)C(=O)Nc1ccc(CO)cc1. The Labute approximate surface area is 379 Å². The molecule has 1 aliphatic carbocycles. The Morgan fingerprint density at radius 1 is 0.738 bits per heavy atom. The van der Waals surface area contributed by atoms with Gasteiger partial charge in [0.15, 0.2) is 0 Å². The number of carbonyl (C=O) groups excluding carboxylic acids is 6. The molecule has 0 fully saturated rings. The quantitative estimate of drug-likeness (QED) is 0.0599. The zero-order chi connectivity index (χ0) is 47.7. The van der Waals surface area contributed by atoms with Crippen LogP contribution >= 0.6 is 0 Å². The molecule has 3 aromatic carbocycles. The molecule has 0 spiro atoms. The summed E-state index contributed by atoms with van der Waals surface area (Å²) in [7, 11) is 0. The summed E-state index contributed by atoms with van der Waals surface area (Å²) in [4.78, 5) is 91.5. The van der Waals surface area contributed by atoms with Crippen molar-refractivity contribution in [1.82, 2.24) is 31.5 Å². The van der Waals surface area contributed by atoms with E-state index in [1.165, 1.54) is 4.90 Å². The van der Waals surface area contributed by atoms with E-state index in [1.54, 1.807) is 58.9 Å². The fraction of sp³-hybridized carbons (Fsp3) is 0.468. The lowest BCUT2D eigenvalue weighted by molar-refractivity contribution is -0.132. The van der Waals surface area contributed by atoms with Gasteiger partial charge in [-0.1, -0.05) is 74.5 Å². The highest BCUT2D eigenvalue weighted by atomic mass is 16.5. The number of unbranched alkanes of at least 4 members (excludes halogenated alkanes) is 1. The number of urea groups is 1. The molecule has 18 nitrogen and oxygen atoms in total. The standard InChI is InChI=1S/C47H64N8O10/c1-29(2)40(43(60)52-38(18-12-24-50-44(48)61)42(59)51-31-21-19-30(27-56)20-22-31)54-39(57)23-25-49-41(58)37(17-10-11-26-55(46(63)64)47(3,4)5)53-45(62)65-28-36-34-15-8-6-13-32(34)33-14-7-9-16-35(33)36/h6-9,13-16,19-22,29,36-38,40,56H,10-12,17-18,23-28H2,1-5H3,(H,49,58)(H,51,59)(H,52,60)(H,53,62)(H,54,57)(H,63,64)(H3,48,50,61). The summed E-state index contributed by atoms with van der Waals surface area (Å²) < 4.78 is 5.72. The third kappa shape index (κ3) is 15.5. The molecule has 1 aliphatic rings. The highest BCUT2D eigenvalue weighted by Gasteiger charge is 2.32. The van der Waals surface area contributed by atoms with E-state index >= 15 is 0 Å². The number of anilines is 1. The molecule has 3 unspecified atom stereocenters. The van der Waals surface area contributed by atoms with Crippen molar-refractivity contribution in [3.63, 3.8) is 0 Å². The number of nitrogens with zero attached hydrogens (tertiary/aromatic N) is 1.